The summed E-state index contributed by atoms with van der Waals surface area (Å²) in [6.45, 7) is 6.70. The molecule has 1 aliphatic heterocycles. The summed E-state index contributed by atoms with van der Waals surface area (Å²) in [6, 6.07) is 7.60. The first-order valence-electron chi connectivity index (χ1n) is 11.7. The van der Waals surface area contributed by atoms with Crippen molar-refractivity contribution < 1.29 is 4.39 Å². The maximum atomic E-state index is 14.3. The molecule has 3 aromatic rings. The molecular formula is C25H31FN8. The van der Waals surface area contributed by atoms with E-state index in [9.17, 15) is 4.39 Å². The van der Waals surface area contributed by atoms with Crippen LogP contribution in [0.1, 0.15) is 43.7 Å². The van der Waals surface area contributed by atoms with Gasteiger partial charge in [-0.15, -0.1) is 5.10 Å². The molecule has 0 aliphatic carbocycles. The molecule has 1 atom stereocenters. The number of hydrogen-bond acceptors (Lipinski definition) is 8. The number of nitrogens with zero attached hydrogens (tertiary/aromatic N) is 6. The van der Waals surface area contributed by atoms with Gasteiger partial charge in [-0.3, -0.25) is 9.98 Å². The fraction of sp³-hybridized carbons (Fsp3) is 0.400. The van der Waals surface area contributed by atoms with Crippen LogP contribution in [0.4, 0.5) is 16.0 Å². The summed E-state index contributed by atoms with van der Waals surface area (Å²) < 4.78 is 14.3. The standard InChI is InChI=1S/C25H31FN8/c1-17(2)18-10-25(33-30-14-18)32-24-6-5-22-23(31-24)9-19(13-29-22)20(11-27)12-28-15-21(26)16-34-7-3-4-8-34/h5-6,9-14,17,21H,3-4,7-8,15-16,27H2,1-2H3,(H,31,32,33). The maximum absolute atomic E-state index is 14.3. The number of rotatable bonds is 9. The van der Waals surface area contributed by atoms with Gasteiger partial charge in [0.25, 0.3) is 0 Å². The van der Waals surface area contributed by atoms with Crippen molar-refractivity contribution in [2.24, 2.45) is 10.7 Å². The second-order valence-corrected chi connectivity index (χ2v) is 8.83. The number of aliphatic imine (C=N–C) groups is 1. The van der Waals surface area contributed by atoms with Crippen molar-refractivity contribution in [1.82, 2.24) is 25.1 Å². The Morgan fingerprint density at radius 1 is 1.18 bits per heavy atom. The number of allylic oxidation sites excluding steroid dienone is 1. The first-order chi connectivity index (χ1) is 16.5. The molecule has 8 nitrogen and oxygen atoms in total. The molecule has 1 unspecified atom stereocenters. The number of fused-ring (bicyclic) bond motifs is 1. The van der Waals surface area contributed by atoms with Crippen LogP contribution in [-0.4, -0.2) is 63.6 Å². The number of nitrogens with one attached hydrogen (secondary N) is 1. The minimum atomic E-state index is -0.990. The zero-order valence-electron chi connectivity index (χ0n) is 19.7. The minimum Gasteiger partial charge on any atom is -0.404 e. The molecule has 3 aromatic heterocycles. The summed E-state index contributed by atoms with van der Waals surface area (Å²) in [5.74, 6) is 1.62. The third-order valence-corrected chi connectivity index (χ3v) is 5.84. The Balaban J connectivity index is 1.46. The lowest BCUT2D eigenvalue weighted by atomic mass is 10.1. The highest BCUT2D eigenvalue weighted by atomic mass is 19.1. The fourth-order valence-corrected chi connectivity index (χ4v) is 3.91. The monoisotopic (exact) mass is 462 g/mol. The lowest BCUT2D eigenvalue weighted by Gasteiger charge is -2.16. The molecule has 1 aliphatic rings. The lowest BCUT2D eigenvalue weighted by molar-refractivity contribution is 0.226. The van der Waals surface area contributed by atoms with Gasteiger partial charge in [-0.1, -0.05) is 13.8 Å². The van der Waals surface area contributed by atoms with Crippen molar-refractivity contribution in [3.8, 4) is 0 Å². The highest BCUT2D eigenvalue weighted by Crippen LogP contribution is 2.21. The molecule has 0 amide bonds. The Hall–Kier alpha value is -3.46. The number of aromatic nitrogens is 4. The van der Waals surface area contributed by atoms with Gasteiger partial charge in [0.15, 0.2) is 5.82 Å². The zero-order valence-corrected chi connectivity index (χ0v) is 19.7. The van der Waals surface area contributed by atoms with Crippen LogP contribution in [-0.2, 0) is 0 Å². The average molecular weight is 463 g/mol. The Labute approximate surface area is 199 Å². The van der Waals surface area contributed by atoms with Crippen LogP contribution in [0.2, 0.25) is 0 Å². The van der Waals surface area contributed by atoms with Gasteiger partial charge < -0.3 is 16.0 Å². The largest absolute Gasteiger partial charge is 0.404 e. The van der Waals surface area contributed by atoms with Crippen LogP contribution < -0.4 is 11.1 Å². The van der Waals surface area contributed by atoms with Gasteiger partial charge in [-0.2, -0.15) is 5.10 Å². The summed E-state index contributed by atoms with van der Waals surface area (Å²) in [4.78, 5) is 15.6. The van der Waals surface area contributed by atoms with Crippen LogP contribution in [0.3, 0.4) is 0 Å². The maximum Gasteiger partial charge on any atom is 0.154 e. The number of likely N-dealkylation sites (tertiary alicyclic amines) is 1. The van der Waals surface area contributed by atoms with E-state index in [0.717, 1.165) is 42.6 Å². The summed E-state index contributed by atoms with van der Waals surface area (Å²) >= 11 is 0. The Morgan fingerprint density at radius 3 is 2.76 bits per heavy atom. The van der Waals surface area contributed by atoms with E-state index in [1.165, 1.54) is 6.20 Å². The summed E-state index contributed by atoms with van der Waals surface area (Å²) in [7, 11) is 0. The second kappa shape index (κ2) is 11.1. The summed E-state index contributed by atoms with van der Waals surface area (Å²) in [6.07, 6.45) is 7.85. The van der Waals surface area contributed by atoms with Gasteiger partial charge in [-0.05, 0) is 61.7 Å². The molecule has 4 rings (SSSR count). The molecule has 9 heteroatoms. The predicted molar refractivity (Wildman–Crippen MR) is 135 cm³/mol. The minimum absolute atomic E-state index is 0.109. The SMILES string of the molecule is CC(C)c1cnnc(Nc2ccc3ncc(C(C=NCC(F)CN4CCCC4)=CN)cc3n2)c1. The van der Waals surface area contributed by atoms with E-state index in [0.29, 0.717) is 35.2 Å². The van der Waals surface area contributed by atoms with E-state index >= 15 is 0 Å². The number of nitrogens with two attached hydrogens (primary N) is 1. The predicted octanol–water partition coefficient (Wildman–Crippen LogP) is 4.09. The number of alkyl halides is 1. The van der Waals surface area contributed by atoms with E-state index < -0.39 is 6.17 Å². The van der Waals surface area contributed by atoms with Crippen molar-refractivity contribution in [2.75, 3.05) is 31.5 Å². The fourth-order valence-electron chi connectivity index (χ4n) is 3.91. The highest BCUT2D eigenvalue weighted by Gasteiger charge is 2.16. The van der Waals surface area contributed by atoms with Gasteiger partial charge in [0.05, 0.1) is 23.8 Å². The van der Waals surface area contributed by atoms with Crippen molar-refractivity contribution in [3.63, 3.8) is 0 Å². The summed E-state index contributed by atoms with van der Waals surface area (Å²) in [5.41, 5.74) is 9.80. The molecule has 0 spiro atoms. The molecular weight excluding hydrogens is 431 g/mol. The van der Waals surface area contributed by atoms with Crippen molar-refractivity contribution in [2.45, 2.75) is 38.8 Å². The van der Waals surface area contributed by atoms with Gasteiger partial charge in [-0.25, -0.2) is 9.37 Å². The lowest BCUT2D eigenvalue weighted by Crippen LogP contribution is -2.29. The van der Waals surface area contributed by atoms with Gasteiger partial charge >= 0.3 is 0 Å². The highest BCUT2D eigenvalue weighted by molar-refractivity contribution is 6.10. The van der Waals surface area contributed by atoms with Gasteiger partial charge in [0, 0.05) is 36.3 Å². The van der Waals surface area contributed by atoms with E-state index in [-0.39, 0.29) is 6.54 Å². The Bertz CT molecular complexity index is 1170. The summed E-state index contributed by atoms with van der Waals surface area (Å²) in [5, 5.41) is 11.4. The number of anilines is 2. The van der Waals surface area contributed by atoms with Crippen LogP contribution >= 0.6 is 0 Å². The molecule has 3 N–H and O–H groups in total. The van der Waals surface area contributed by atoms with Crippen LogP contribution in [0.25, 0.3) is 16.6 Å². The van der Waals surface area contributed by atoms with E-state index in [4.69, 9.17) is 5.73 Å². The molecule has 0 bridgehead atoms. The number of pyridine rings is 2. The normalized spacial score (nSPS) is 16.1. The van der Waals surface area contributed by atoms with Crippen LogP contribution in [0, 0.1) is 0 Å². The first kappa shape index (κ1) is 23.7. The van der Waals surface area contributed by atoms with Crippen molar-refractivity contribution >= 4 is 34.5 Å². The van der Waals surface area contributed by atoms with Gasteiger partial charge in [0.2, 0.25) is 0 Å². The smallest absolute Gasteiger partial charge is 0.154 e. The molecule has 0 aromatic carbocycles. The number of hydrogen-bond donors (Lipinski definition) is 2. The van der Waals surface area contributed by atoms with Crippen molar-refractivity contribution in [1.29, 1.82) is 0 Å². The Morgan fingerprint density at radius 2 is 2.00 bits per heavy atom. The molecule has 4 heterocycles. The van der Waals surface area contributed by atoms with Crippen LogP contribution in [0.15, 0.2) is 47.9 Å². The molecule has 34 heavy (non-hydrogen) atoms. The molecule has 1 saturated heterocycles. The van der Waals surface area contributed by atoms with Crippen LogP contribution in [0.5, 0.6) is 0 Å². The molecule has 1 fully saturated rings. The topological polar surface area (TPSA) is 105 Å². The second-order valence-electron chi connectivity index (χ2n) is 8.83. The first-order valence-corrected chi connectivity index (χ1v) is 11.7. The average Bonchev–Trinajstić information content (AvgIpc) is 3.34. The molecule has 0 radical (unpaired) electrons. The van der Waals surface area contributed by atoms with E-state index in [1.54, 1.807) is 18.6 Å². The molecule has 178 valence electrons. The van der Waals surface area contributed by atoms with E-state index in [1.807, 2.05) is 24.3 Å². The third kappa shape index (κ3) is 6.11. The van der Waals surface area contributed by atoms with Gasteiger partial charge in [0.1, 0.15) is 12.0 Å². The zero-order chi connectivity index (χ0) is 23.9. The Kier molecular flexibility index (Phi) is 7.74. The number of halogens is 1. The molecule has 0 saturated carbocycles. The van der Waals surface area contributed by atoms with Crippen molar-refractivity contribution in [3.05, 3.63) is 54.0 Å². The quantitative estimate of drug-likeness (QED) is 0.461. The third-order valence-electron chi connectivity index (χ3n) is 5.84. The van der Waals surface area contributed by atoms with E-state index in [2.05, 4.69) is 49.2 Å².